The lowest BCUT2D eigenvalue weighted by Crippen LogP contribution is -2.33. The third-order valence-corrected chi connectivity index (χ3v) is 6.94. The molecule has 0 radical (unpaired) electrons. The second-order valence-electron chi connectivity index (χ2n) is 8.05. The van der Waals surface area contributed by atoms with Gasteiger partial charge in [-0.1, -0.05) is 54.7 Å². The fourth-order valence-electron chi connectivity index (χ4n) is 4.03. The molecule has 1 aliphatic heterocycles. The fourth-order valence-corrected chi connectivity index (χ4v) is 5.07. The lowest BCUT2D eigenvalue weighted by atomic mass is 9.86. The Hall–Kier alpha value is -3.52. The van der Waals surface area contributed by atoms with Crippen molar-refractivity contribution in [2.24, 2.45) is 7.05 Å². The minimum Gasteiger partial charge on any atom is -0.493 e. The summed E-state index contributed by atoms with van der Waals surface area (Å²) in [5, 5.41) is 3.44. The molecule has 1 aromatic heterocycles. The summed E-state index contributed by atoms with van der Waals surface area (Å²) in [5.41, 5.74) is 3.28. The molecule has 0 saturated carbocycles. The van der Waals surface area contributed by atoms with Gasteiger partial charge in [0.1, 0.15) is 12.4 Å². The minimum atomic E-state index is -0.437. The van der Waals surface area contributed by atoms with Crippen LogP contribution in [-0.4, -0.2) is 29.2 Å². The highest BCUT2D eigenvalue weighted by Crippen LogP contribution is 2.39. The van der Waals surface area contributed by atoms with E-state index in [1.807, 2.05) is 31.3 Å². The standard InChI is InChI=1S/C26H27N3O4S/c1-5-12-33-20-11-10-17(13-21(20)32-4)19-14-22(30)27-24-23(19)25(31)28-26(29(24)3)34-15-18-9-7-6-8-16(18)2/h5-11,13,19H,1,12,14-15H2,2-4H3,(H,27,30). The second kappa shape index (κ2) is 10.2. The van der Waals surface area contributed by atoms with Gasteiger partial charge in [0.25, 0.3) is 5.56 Å². The molecule has 7 nitrogen and oxygen atoms in total. The number of carbonyl (C=O) groups is 1. The first kappa shape index (κ1) is 23.6. The van der Waals surface area contributed by atoms with Gasteiger partial charge in [-0.15, -0.1) is 0 Å². The van der Waals surface area contributed by atoms with Crippen LogP contribution in [0.25, 0.3) is 0 Å². The number of thioether (sulfide) groups is 1. The Morgan fingerprint density at radius 3 is 2.76 bits per heavy atom. The Balaban J connectivity index is 1.70. The van der Waals surface area contributed by atoms with E-state index in [1.165, 1.54) is 22.9 Å². The van der Waals surface area contributed by atoms with Crippen molar-refractivity contribution in [1.82, 2.24) is 9.55 Å². The molecule has 0 spiro atoms. The van der Waals surface area contributed by atoms with Crippen molar-refractivity contribution in [2.75, 3.05) is 19.0 Å². The Kier molecular flexibility index (Phi) is 7.07. The number of nitrogens with one attached hydrogen (secondary N) is 1. The number of hydrogen-bond acceptors (Lipinski definition) is 6. The number of aryl methyl sites for hydroxylation is 1. The van der Waals surface area contributed by atoms with Gasteiger partial charge in [0, 0.05) is 25.1 Å². The quantitative estimate of drug-likeness (QED) is 0.294. The van der Waals surface area contributed by atoms with E-state index in [0.717, 1.165) is 5.56 Å². The van der Waals surface area contributed by atoms with E-state index in [1.54, 1.807) is 23.8 Å². The second-order valence-corrected chi connectivity index (χ2v) is 8.99. The Labute approximate surface area is 202 Å². The number of benzene rings is 2. The van der Waals surface area contributed by atoms with Crippen LogP contribution in [0.15, 0.2) is 65.1 Å². The Morgan fingerprint density at radius 1 is 1.24 bits per heavy atom. The van der Waals surface area contributed by atoms with Crippen LogP contribution in [0.1, 0.15) is 34.6 Å². The molecule has 2 heterocycles. The molecule has 3 aromatic rings. The first-order chi connectivity index (χ1) is 16.4. The van der Waals surface area contributed by atoms with E-state index in [-0.39, 0.29) is 17.9 Å². The molecular weight excluding hydrogens is 450 g/mol. The summed E-state index contributed by atoms with van der Waals surface area (Å²) in [5.74, 6) is 1.67. The van der Waals surface area contributed by atoms with Crippen molar-refractivity contribution in [3.63, 3.8) is 0 Å². The number of ether oxygens (including phenoxy) is 2. The van der Waals surface area contributed by atoms with E-state index in [0.29, 0.717) is 40.4 Å². The van der Waals surface area contributed by atoms with Gasteiger partial charge in [0.05, 0.1) is 12.7 Å². The van der Waals surface area contributed by atoms with Gasteiger partial charge >= 0.3 is 0 Å². The summed E-state index contributed by atoms with van der Waals surface area (Å²) in [6, 6.07) is 13.6. The maximum Gasteiger partial charge on any atom is 0.279 e. The SMILES string of the molecule is C=CCOc1ccc(C2CC(=O)Nc3c2c(=O)nc(SCc2ccccc2C)n3C)cc1OC. The molecule has 2 aromatic carbocycles. The number of nitrogens with zero attached hydrogens (tertiary/aromatic N) is 2. The van der Waals surface area contributed by atoms with E-state index in [4.69, 9.17) is 9.47 Å². The molecule has 8 heteroatoms. The van der Waals surface area contributed by atoms with Crippen LogP contribution in [0.5, 0.6) is 11.5 Å². The number of amides is 1. The largest absolute Gasteiger partial charge is 0.493 e. The maximum atomic E-state index is 13.2. The van der Waals surface area contributed by atoms with Crippen molar-refractivity contribution in [3.8, 4) is 11.5 Å². The summed E-state index contributed by atoms with van der Waals surface area (Å²) < 4.78 is 12.9. The normalized spacial score (nSPS) is 14.8. The van der Waals surface area contributed by atoms with Crippen LogP contribution in [0.4, 0.5) is 5.82 Å². The number of rotatable bonds is 8. The molecule has 1 amide bonds. The number of fused-ring (bicyclic) bond motifs is 1. The molecule has 1 atom stereocenters. The van der Waals surface area contributed by atoms with Gasteiger partial charge in [-0.3, -0.25) is 9.59 Å². The summed E-state index contributed by atoms with van der Waals surface area (Å²) >= 11 is 1.47. The van der Waals surface area contributed by atoms with Crippen LogP contribution in [0, 0.1) is 6.92 Å². The lowest BCUT2D eigenvalue weighted by Gasteiger charge is -2.28. The van der Waals surface area contributed by atoms with Crippen LogP contribution in [0.3, 0.4) is 0 Å². The van der Waals surface area contributed by atoms with Gasteiger partial charge in [-0.2, -0.15) is 4.98 Å². The first-order valence-corrected chi connectivity index (χ1v) is 11.9. The van der Waals surface area contributed by atoms with E-state index >= 15 is 0 Å². The molecule has 1 aliphatic rings. The third-order valence-electron chi connectivity index (χ3n) is 5.87. The lowest BCUT2D eigenvalue weighted by molar-refractivity contribution is -0.116. The smallest absolute Gasteiger partial charge is 0.279 e. The number of hydrogen-bond donors (Lipinski definition) is 1. The highest BCUT2D eigenvalue weighted by Gasteiger charge is 2.32. The molecule has 0 fully saturated rings. The van der Waals surface area contributed by atoms with Crippen molar-refractivity contribution in [2.45, 2.75) is 30.2 Å². The number of aromatic nitrogens is 2. The van der Waals surface area contributed by atoms with Crippen molar-refractivity contribution in [3.05, 3.63) is 87.7 Å². The van der Waals surface area contributed by atoms with Crippen molar-refractivity contribution in [1.29, 1.82) is 0 Å². The summed E-state index contributed by atoms with van der Waals surface area (Å²) in [7, 11) is 3.38. The highest BCUT2D eigenvalue weighted by molar-refractivity contribution is 7.98. The Morgan fingerprint density at radius 2 is 2.03 bits per heavy atom. The van der Waals surface area contributed by atoms with E-state index in [2.05, 4.69) is 35.9 Å². The summed E-state index contributed by atoms with van der Waals surface area (Å²) in [6.07, 6.45) is 1.80. The first-order valence-electron chi connectivity index (χ1n) is 10.9. The molecule has 0 bridgehead atoms. The van der Waals surface area contributed by atoms with E-state index in [9.17, 15) is 9.59 Å². The molecular formula is C26H27N3O4S. The van der Waals surface area contributed by atoms with Gasteiger partial charge in [0.2, 0.25) is 5.91 Å². The zero-order valence-electron chi connectivity index (χ0n) is 19.5. The number of carbonyl (C=O) groups excluding carboxylic acids is 1. The van der Waals surface area contributed by atoms with Crippen LogP contribution in [0.2, 0.25) is 0 Å². The molecule has 176 valence electrons. The van der Waals surface area contributed by atoms with Gasteiger partial charge < -0.3 is 19.4 Å². The van der Waals surface area contributed by atoms with Gasteiger partial charge in [-0.25, -0.2) is 0 Å². The van der Waals surface area contributed by atoms with Gasteiger partial charge in [0.15, 0.2) is 16.7 Å². The average Bonchev–Trinajstić information content (AvgIpc) is 2.84. The Bertz CT molecular complexity index is 1300. The fraction of sp³-hybridized carbons (Fsp3) is 0.269. The van der Waals surface area contributed by atoms with Gasteiger partial charge in [-0.05, 0) is 35.7 Å². The minimum absolute atomic E-state index is 0.148. The van der Waals surface area contributed by atoms with Crippen molar-refractivity contribution < 1.29 is 14.3 Å². The predicted molar refractivity (Wildman–Crippen MR) is 134 cm³/mol. The number of anilines is 1. The predicted octanol–water partition coefficient (Wildman–Crippen LogP) is 4.43. The molecule has 1 N–H and O–H groups in total. The summed E-state index contributed by atoms with van der Waals surface area (Å²) in [4.78, 5) is 30.2. The maximum absolute atomic E-state index is 13.2. The van der Waals surface area contributed by atoms with Crippen molar-refractivity contribution >= 4 is 23.5 Å². The molecule has 1 unspecified atom stereocenters. The van der Waals surface area contributed by atoms with Crippen LogP contribution in [-0.2, 0) is 17.6 Å². The number of methoxy groups -OCH3 is 1. The monoisotopic (exact) mass is 477 g/mol. The topological polar surface area (TPSA) is 82.5 Å². The molecule has 0 saturated heterocycles. The zero-order valence-corrected chi connectivity index (χ0v) is 20.3. The molecule has 34 heavy (non-hydrogen) atoms. The van der Waals surface area contributed by atoms with E-state index < -0.39 is 5.92 Å². The van der Waals surface area contributed by atoms with Crippen LogP contribution >= 0.6 is 11.8 Å². The summed E-state index contributed by atoms with van der Waals surface area (Å²) in [6.45, 7) is 6.06. The molecule has 0 aliphatic carbocycles. The zero-order chi connectivity index (χ0) is 24.2. The average molecular weight is 478 g/mol. The van der Waals surface area contributed by atoms with Crippen LogP contribution < -0.4 is 20.3 Å². The third kappa shape index (κ3) is 4.72. The highest BCUT2D eigenvalue weighted by atomic mass is 32.2. The molecule has 4 rings (SSSR count).